The number of phenols is 1. The third kappa shape index (κ3) is 4.33. The van der Waals surface area contributed by atoms with Gasteiger partial charge in [0.25, 0.3) is 5.91 Å². The van der Waals surface area contributed by atoms with Gasteiger partial charge in [-0.1, -0.05) is 23.8 Å². The molecule has 3 aromatic rings. The highest BCUT2D eigenvalue weighted by atomic mass is 32.2. The molecule has 2 aromatic carbocycles. The fourth-order valence-corrected chi connectivity index (χ4v) is 3.02. The molecule has 27 heavy (non-hydrogen) atoms. The van der Waals surface area contributed by atoms with Crippen molar-refractivity contribution in [3.05, 3.63) is 65.4 Å². The van der Waals surface area contributed by atoms with E-state index < -0.39 is 10.0 Å². The zero-order valence-electron chi connectivity index (χ0n) is 14.4. The van der Waals surface area contributed by atoms with Gasteiger partial charge in [0.2, 0.25) is 10.0 Å². The summed E-state index contributed by atoms with van der Waals surface area (Å²) in [7, 11) is -3.75. The van der Waals surface area contributed by atoms with Crippen LogP contribution in [0.1, 0.15) is 21.6 Å². The standard InChI is InChI=1S/C18H18N4O4S/c1-11-2-7-17(23)14(8-11)15-9-16(22-21-15)18(24)20-10-12-3-5-13(6-4-12)27(19,25)26/h2-9,23H,10H2,1H3,(H,20,24)(H,21,22)(H2,19,25,26). The van der Waals surface area contributed by atoms with Gasteiger partial charge >= 0.3 is 0 Å². The molecule has 0 unspecified atom stereocenters. The Morgan fingerprint density at radius 2 is 1.89 bits per heavy atom. The van der Waals surface area contributed by atoms with Crippen LogP contribution in [0.4, 0.5) is 0 Å². The predicted molar refractivity (Wildman–Crippen MR) is 99.4 cm³/mol. The quantitative estimate of drug-likeness (QED) is 0.528. The van der Waals surface area contributed by atoms with E-state index in [0.29, 0.717) is 16.8 Å². The molecule has 1 amide bonds. The maximum absolute atomic E-state index is 12.3. The number of sulfonamides is 1. The van der Waals surface area contributed by atoms with Crippen LogP contribution in [0.5, 0.6) is 5.75 Å². The summed E-state index contributed by atoms with van der Waals surface area (Å²) in [5.74, 6) is -0.301. The van der Waals surface area contributed by atoms with E-state index in [1.807, 2.05) is 6.92 Å². The smallest absolute Gasteiger partial charge is 0.269 e. The predicted octanol–water partition coefficient (Wildman–Crippen LogP) is 1.67. The van der Waals surface area contributed by atoms with Gasteiger partial charge in [-0.15, -0.1) is 0 Å². The topological polar surface area (TPSA) is 138 Å². The van der Waals surface area contributed by atoms with Gasteiger partial charge in [-0.25, -0.2) is 13.6 Å². The molecule has 5 N–H and O–H groups in total. The van der Waals surface area contributed by atoms with Gasteiger partial charge in [-0.3, -0.25) is 9.89 Å². The van der Waals surface area contributed by atoms with Crippen LogP contribution in [-0.2, 0) is 16.6 Å². The lowest BCUT2D eigenvalue weighted by atomic mass is 10.1. The number of H-pyrrole nitrogens is 1. The fourth-order valence-electron chi connectivity index (χ4n) is 2.51. The SMILES string of the molecule is Cc1ccc(O)c(-c2cc(C(=O)NCc3ccc(S(N)(=O)=O)cc3)[nH]n2)c1. The van der Waals surface area contributed by atoms with Gasteiger partial charge in [0.1, 0.15) is 11.4 Å². The van der Waals surface area contributed by atoms with Crippen molar-refractivity contribution in [2.75, 3.05) is 0 Å². The molecule has 0 aliphatic heterocycles. The Bertz CT molecular complexity index is 1090. The van der Waals surface area contributed by atoms with E-state index in [4.69, 9.17) is 5.14 Å². The number of amides is 1. The molecule has 0 saturated heterocycles. The first-order valence-corrected chi connectivity index (χ1v) is 9.54. The molecule has 0 saturated carbocycles. The number of hydrogen-bond acceptors (Lipinski definition) is 5. The number of nitrogens with two attached hydrogens (primary N) is 1. The highest BCUT2D eigenvalue weighted by Gasteiger charge is 2.14. The van der Waals surface area contributed by atoms with Crippen LogP contribution in [0.15, 0.2) is 53.4 Å². The molecule has 0 spiro atoms. The molecule has 3 rings (SSSR count). The molecule has 9 heteroatoms. The first-order chi connectivity index (χ1) is 12.7. The first-order valence-electron chi connectivity index (χ1n) is 7.99. The van der Waals surface area contributed by atoms with Gasteiger partial charge in [0.05, 0.1) is 10.6 Å². The number of phenolic OH excluding ortho intramolecular Hbond substituents is 1. The number of aromatic nitrogens is 2. The number of aromatic amines is 1. The molecule has 1 heterocycles. The van der Waals surface area contributed by atoms with Gasteiger partial charge in [-0.2, -0.15) is 5.10 Å². The Hall–Kier alpha value is -3.17. The van der Waals surface area contributed by atoms with Crippen molar-refractivity contribution in [3.63, 3.8) is 0 Å². The third-order valence-corrected chi connectivity index (χ3v) is 4.88. The molecule has 0 aliphatic carbocycles. The summed E-state index contributed by atoms with van der Waals surface area (Å²) < 4.78 is 22.5. The second kappa shape index (κ2) is 7.22. The molecule has 0 bridgehead atoms. The van der Waals surface area contributed by atoms with Crippen molar-refractivity contribution in [3.8, 4) is 17.0 Å². The lowest BCUT2D eigenvalue weighted by molar-refractivity contribution is 0.0946. The lowest BCUT2D eigenvalue weighted by Crippen LogP contribution is -2.23. The summed E-state index contributed by atoms with van der Waals surface area (Å²) in [6, 6.07) is 12.6. The molecule has 140 valence electrons. The summed E-state index contributed by atoms with van der Waals surface area (Å²) in [5.41, 5.74) is 2.90. The van der Waals surface area contributed by atoms with Crippen LogP contribution < -0.4 is 10.5 Å². The summed E-state index contributed by atoms with van der Waals surface area (Å²) in [4.78, 5) is 12.3. The molecule has 0 atom stereocenters. The molecule has 0 fully saturated rings. The average Bonchev–Trinajstić information content (AvgIpc) is 3.11. The number of carbonyl (C=O) groups excluding carboxylic acids is 1. The highest BCUT2D eigenvalue weighted by Crippen LogP contribution is 2.28. The van der Waals surface area contributed by atoms with Crippen molar-refractivity contribution >= 4 is 15.9 Å². The van der Waals surface area contributed by atoms with Gasteiger partial charge < -0.3 is 10.4 Å². The van der Waals surface area contributed by atoms with Crippen LogP contribution in [0.2, 0.25) is 0 Å². The third-order valence-electron chi connectivity index (χ3n) is 3.96. The van der Waals surface area contributed by atoms with Crippen LogP contribution in [0.3, 0.4) is 0 Å². The maximum atomic E-state index is 12.3. The number of benzene rings is 2. The second-order valence-electron chi connectivity index (χ2n) is 6.06. The van der Waals surface area contributed by atoms with Crippen molar-refractivity contribution in [1.82, 2.24) is 15.5 Å². The van der Waals surface area contributed by atoms with E-state index in [1.54, 1.807) is 36.4 Å². The summed E-state index contributed by atoms with van der Waals surface area (Å²) >= 11 is 0. The van der Waals surface area contributed by atoms with Gasteiger partial charge in [-0.05, 0) is 42.8 Å². The van der Waals surface area contributed by atoms with Crippen molar-refractivity contribution in [2.24, 2.45) is 5.14 Å². The molecule has 8 nitrogen and oxygen atoms in total. The zero-order valence-corrected chi connectivity index (χ0v) is 15.2. The fraction of sp³-hybridized carbons (Fsp3) is 0.111. The summed E-state index contributed by atoms with van der Waals surface area (Å²) in [5, 5.41) is 24.4. The van der Waals surface area contributed by atoms with E-state index in [2.05, 4.69) is 15.5 Å². The maximum Gasteiger partial charge on any atom is 0.269 e. The second-order valence-corrected chi connectivity index (χ2v) is 7.62. The number of rotatable bonds is 5. The van der Waals surface area contributed by atoms with Gasteiger partial charge in [0, 0.05) is 12.1 Å². The number of aryl methyl sites for hydroxylation is 1. The van der Waals surface area contributed by atoms with Crippen LogP contribution in [0.25, 0.3) is 11.3 Å². The van der Waals surface area contributed by atoms with Crippen LogP contribution >= 0.6 is 0 Å². The van der Waals surface area contributed by atoms with Crippen LogP contribution in [-0.4, -0.2) is 29.6 Å². The zero-order chi connectivity index (χ0) is 19.6. The number of nitrogens with one attached hydrogen (secondary N) is 2. The van der Waals surface area contributed by atoms with E-state index in [0.717, 1.165) is 5.56 Å². The Kier molecular flexibility index (Phi) is 4.98. The van der Waals surface area contributed by atoms with E-state index in [-0.39, 0.29) is 28.8 Å². The van der Waals surface area contributed by atoms with E-state index in [1.165, 1.54) is 12.1 Å². The minimum atomic E-state index is -3.75. The van der Waals surface area contributed by atoms with Crippen LogP contribution in [0, 0.1) is 6.92 Å². The Balaban J connectivity index is 1.69. The Morgan fingerprint density at radius 1 is 1.19 bits per heavy atom. The molecule has 0 aliphatic rings. The summed E-state index contributed by atoms with van der Waals surface area (Å²) in [6.07, 6.45) is 0. The van der Waals surface area contributed by atoms with Crippen molar-refractivity contribution in [1.29, 1.82) is 0 Å². The number of aromatic hydroxyl groups is 1. The number of nitrogens with zero attached hydrogens (tertiary/aromatic N) is 1. The average molecular weight is 386 g/mol. The van der Waals surface area contributed by atoms with E-state index >= 15 is 0 Å². The van der Waals surface area contributed by atoms with Crippen molar-refractivity contribution in [2.45, 2.75) is 18.4 Å². The molecular formula is C18H18N4O4S. The molecule has 0 radical (unpaired) electrons. The minimum Gasteiger partial charge on any atom is -0.507 e. The Morgan fingerprint density at radius 3 is 2.56 bits per heavy atom. The first kappa shape index (κ1) is 18.6. The monoisotopic (exact) mass is 386 g/mol. The molecule has 1 aromatic heterocycles. The lowest BCUT2D eigenvalue weighted by Gasteiger charge is -2.05. The number of hydrogen-bond donors (Lipinski definition) is 4. The number of primary sulfonamides is 1. The molecular weight excluding hydrogens is 368 g/mol. The Labute approximate surface area is 156 Å². The van der Waals surface area contributed by atoms with Crippen molar-refractivity contribution < 1.29 is 18.3 Å². The van der Waals surface area contributed by atoms with Gasteiger partial charge in [0.15, 0.2) is 0 Å². The normalized spacial score (nSPS) is 11.3. The minimum absolute atomic E-state index is 0.00810. The largest absolute Gasteiger partial charge is 0.507 e. The highest BCUT2D eigenvalue weighted by molar-refractivity contribution is 7.89. The number of carbonyl (C=O) groups is 1. The van der Waals surface area contributed by atoms with E-state index in [9.17, 15) is 18.3 Å². The summed E-state index contributed by atoms with van der Waals surface area (Å²) in [6.45, 7) is 2.10.